The molecule has 0 saturated carbocycles. The van der Waals surface area contributed by atoms with Crippen molar-refractivity contribution in [2.75, 3.05) is 79.3 Å². The highest BCUT2D eigenvalue weighted by Crippen LogP contribution is 2.18. The Hall–Kier alpha value is -0.348. The molecule has 0 unspecified atom stereocenters. The summed E-state index contributed by atoms with van der Waals surface area (Å²) in [5, 5.41) is 3.72. The zero-order valence-corrected chi connectivity index (χ0v) is 66.0. The molecular formula is C61H90BBr2I4O12Si4. The van der Waals surface area contributed by atoms with E-state index < -0.39 is 35.2 Å². The molecule has 0 N–H and O–H groups in total. The van der Waals surface area contributed by atoms with E-state index >= 15 is 0 Å². The predicted octanol–water partition coefficient (Wildman–Crippen LogP) is 15.3. The van der Waals surface area contributed by atoms with Crippen molar-refractivity contribution in [2.45, 2.75) is 90.5 Å². The molecule has 6 rings (SSSR count). The van der Waals surface area contributed by atoms with Gasteiger partial charge in [0.25, 0.3) is 0 Å². The highest BCUT2D eigenvalue weighted by atomic mass is 127. The molecule has 6 aromatic carbocycles. The first-order valence-corrected chi connectivity index (χ1v) is 40.4. The zero-order valence-electron chi connectivity index (χ0n) is 50.2. The summed E-state index contributed by atoms with van der Waals surface area (Å²) in [7, 11) is -11.7. The Morgan fingerprint density at radius 2 is 0.369 bits per heavy atom. The fourth-order valence-electron chi connectivity index (χ4n) is 7.21. The van der Waals surface area contributed by atoms with E-state index in [4.69, 9.17) is 53.1 Å². The summed E-state index contributed by atoms with van der Waals surface area (Å²) in [5.74, 6) is 0. The van der Waals surface area contributed by atoms with Crippen molar-refractivity contribution in [3.8, 4) is 0 Å². The van der Waals surface area contributed by atoms with Crippen LogP contribution in [0.15, 0.2) is 167 Å². The molecule has 84 heavy (non-hydrogen) atoms. The fraction of sp³-hybridized carbons (Fsp3) is 0.410. The van der Waals surface area contributed by atoms with Gasteiger partial charge in [-0.1, -0.05) is 124 Å². The van der Waals surface area contributed by atoms with Crippen molar-refractivity contribution >= 4 is 187 Å². The maximum atomic E-state index is 5.98. The number of halogens is 6. The summed E-state index contributed by atoms with van der Waals surface area (Å²) in [4.78, 5) is 0. The van der Waals surface area contributed by atoms with Crippen molar-refractivity contribution in [1.82, 2.24) is 0 Å². The van der Waals surface area contributed by atoms with Gasteiger partial charge in [-0.25, -0.2) is 0 Å². The highest BCUT2D eigenvalue weighted by Gasteiger charge is 2.48. The molecule has 0 atom stereocenters. The zero-order chi connectivity index (χ0) is 61.1. The summed E-state index contributed by atoms with van der Waals surface area (Å²) in [6.07, 6.45) is 0. The minimum absolute atomic E-state index is 0. The molecule has 0 amide bonds. The predicted molar refractivity (Wildman–Crippen MR) is 398 cm³/mol. The average Bonchev–Trinajstić information content (AvgIpc) is 2.86. The topological polar surface area (TPSA) is 111 Å². The van der Waals surface area contributed by atoms with Gasteiger partial charge in [0, 0.05) is 132 Å². The molecule has 3 radical (unpaired) electrons. The smallest absolute Gasteiger partial charge is 0.370 e. The summed E-state index contributed by atoms with van der Waals surface area (Å²) >= 11 is 15.8. The second-order valence-electron chi connectivity index (χ2n) is 16.0. The van der Waals surface area contributed by atoms with E-state index in [1.54, 1.807) is 0 Å². The minimum atomic E-state index is -2.92. The summed E-state index contributed by atoms with van der Waals surface area (Å²) in [6, 6.07) is 52.7. The molecule has 0 heterocycles. The summed E-state index contributed by atoms with van der Waals surface area (Å²) in [6.45, 7) is 29.8. The third-order valence-electron chi connectivity index (χ3n) is 10.3. The lowest BCUT2D eigenvalue weighted by Gasteiger charge is -2.30. The van der Waals surface area contributed by atoms with Gasteiger partial charge in [0.05, 0.1) is 0 Å². The van der Waals surface area contributed by atoms with E-state index in [1.165, 1.54) is 14.3 Å². The SMILES string of the molecule is Brc1ccc(Br)cc1.C.CCO[Si](OCC)(OCC)c1ccc([Si](OCC)(OCC)OCC)cc1.CCO[Si](OCC)(OCC)c1ccc([Si](OCC)(OCC)OCC)cc1.Ic1ccc(I)cc1.Ic1ccc(I)cc1.[B].c1ccccc1. The van der Waals surface area contributed by atoms with Crippen LogP contribution in [-0.4, -0.2) is 123 Å². The lowest BCUT2D eigenvalue weighted by molar-refractivity contribution is 0.0845. The number of hydrogen-bond acceptors (Lipinski definition) is 12. The first-order valence-electron chi connectivity index (χ1n) is 27.6. The van der Waals surface area contributed by atoms with Crippen LogP contribution < -0.4 is 20.7 Å². The first kappa shape index (κ1) is 85.7. The van der Waals surface area contributed by atoms with E-state index in [2.05, 4.69) is 171 Å². The average molecular weight is 1810 g/mol. The molecule has 23 heteroatoms. The third kappa shape index (κ3) is 32.6. The molecule has 0 fully saturated rings. The van der Waals surface area contributed by atoms with Gasteiger partial charge >= 0.3 is 35.2 Å². The van der Waals surface area contributed by atoms with Gasteiger partial charge in [0.2, 0.25) is 0 Å². The molecule has 0 spiro atoms. The Morgan fingerprint density at radius 3 is 0.476 bits per heavy atom. The number of rotatable bonds is 28. The van der Waals surface area contributed by atoms with Crippen molar-refractivity contribution in [3.63, 3.8) is 0 Å². The number of benzene rings is 6. The fourth-order valence-corrected chi connectivity index (χ4v) is 19.0. The van der Waals surface area contributed by atoms with Crippen LogP contribution in [0.25, 0.3) is 0 Å². The molecule has 0 saturated heterocycles. The Balaban J connectivity index is 0. The molecule has 0 aromatic heterocycles. The van der Waals surface area contributed by atoms with E-state index in [9.17, 15) is 0 Å². The second-order valence-corrected chi connectivity index (χ2v) is 33.1. The van der Waals surface area contributed by atoms with Crippen molar-refractivity contribution < 1.29 is 53.1 Å². The van der Waals surface area contributed by atoms with E-state index in [0.29, 0.717) is 79.3 Å². The Kier molecular flexibility index (Phi) is 52.3. The molecular weight excluding hydrogens is 1720 g/mol. The van der Waals surface area contributed by atoms with Crippen LogP contribution in [0.2, 0.25) is 0 Å². The Labute approximate surface area is 583 Å². The summed E-state index contributed by atoms with van der Waals surface area (Å²) < 4.78 is 79.1. The first-order chi connectivity index (χ1) is 39.5. The minimum Gasteiger partial charge on any atom is -0.370 e. The van der Waals surface area contributed by atoms with Gasteiger partial charge in [-0.3, -0.25) is 0 Å². The maximum absolute atomic E-state index is 5.98. The van der Waals surface area contributed by atoms with E-state index in [0.717, 1.165) is 29.7 Å². The van der Waals surface area contributed by atoms with Gasteiger partial charge in [0.1, 0.15) is 0 Å². The van der Waals surface area contributed by atoms with Gasteiger partial charge in [-0.15, -0.1) is 0 Å². The molecule has 6 aromatic rings. The maximum Gasteiger partial charge on any atom is 0.537 e. The second kappa shape index (κ2) is 51.3. The molecule has 467 valence electrons. The van der Waals surface area contributed by atoms with Gasteiger partial charge in [-0.05, 0) is 246 Å². The van der Waals surface area contributed by atoms with Gasteiger partial charge < -0.3 is 53.1 Å². The standard InChI is InChI=1S/2C18H34O6Si2.C6H4Br2.2C6H4I2.C6H6.CH4.B/c2*1-7-19-25(20-8-2,21-9-3)17-13-15-18(16-14-17)26(22-10-4,23-11-5)24-12-6;3*7-5-1-2-6(8)4-3-5;1-2-4-6-5-3-1;;/h2*13-16H,7-12H2,1-6H3;3*1-4H;1-6H;1H4;. The summed E-state index contributed by atoms with van der Waals surface area (Å²) in [5.41, 5.74) is 0. The van der Waals surface area contributed by atoms with E-state index in [-0.39, 0.29) is 15.8 Å². The van der Waals surface area contributed by atoms with Gasteiger partial charge in [0.15, 0.2) is 0 Å². The van der Waals surface area contributed by atoms with Crippen LogP contribution in [0.3, 0.4) is 0 Å². The number of hydrogen-bond donors (Lipinski definition) is 0. The van der Waals surface area contributed by atoms with Crippen LogP contribution in [0.5, 0.6) is 0 Å². The molecule has 0 aliphatic heterocycles. The molecule has 0 bridgehead atoms. The van der Waals surface area contributed by atoms with Crippen LogP contribution in [0, 0.1) is 14.3 Å². The molecule has 0 aliphatic carbocycles. The highest BCUT2D eigenvalue weighted by molar-refractivity contribution is 14.1. The largest absolute Gasteiger partial charge is 0.537 e. The third-order valence-corrected chi connectivity index (χ3v) is 26.4. The van der Waals surface area contributed by atoms with Crippen LogP contribution in [0.1, 0.15) is 90.5 Å². The molecule has 0 aliphatic rings. The molecule has 12 nitrogen and oxygen atoms in total. The van der Waals surface area contributed by atoms with Crippen LogP contribution in [0.4, 0.5) is 0 Å². The van der Waals surface area contributed by atoms with Crippen molar-refractivity contribution in [1.29, 1.82) is 0 Å². The van der Waals surface area contributed by atoms with Crippen molar-refractivity contribution in [2.24, 2.45) is 0 Å². The van der Waals surface area contributed by atoms with Crippen LogP contribution >= 0.6 is 122 Å². The Bertz CT molecular complexity index is 2030. The van der Waals surface area contributed by atoms with E-state index in [1.807, 2.05) is 192 Å². The lowest BCUT2D eigenvalue weighted by atomic mass is 10.4. The monoisotopic (exact) mass is 1800 g/mol. The quantitative estimate of drug-likeness (QED) is 0.0344. The lowest BCUT2D eigenvalue weighted by Crippen LogP contribution is -2.59. The van der Waals surface area contributed by atoms with Gasteiger partial charge in [-0.2, -0.15) is 0 Å². The van der Waals surface area contributed by atoms with Crippen LogP contribution in [-0.2, 0) is 53.1 Å². The van der Waals surface area contributed by atoms with Crippen molar-refractivity contribution in [3.05, 3.63) is 181 Å². The normalized spacial score (nSPS) is 11.0. The Morgan fingerprint density at radius 1 is 0.250 bits per heavy atom.